The summed E-state index contributed by atoms with van der Waals surface area (Å²) in [5.74, 6) is 1.78. The number of benzene rings is 1. The van der Waals surface area contributed by atoms with Gasteiger partial charge in [-0.25, -0.2) is 19.4 Å². The molecule has 0 unspecified atom stereocenters. The lowest BCUT2D eigenvalue weighted by atomic mass is 10.2. The highest BCUT2D eigenvalue weighted by atomic mass is 16.2. The average Bonchev–Trinajstić information content (AvgIpc) is 2.95. The molecule has 0 atom stereocenters. The molecule has 1 aliphatic heterocycles. The molecule has 8 nitrogen and oxygen atoms in total. The summed E-state index contributed by atoms with van der Waals surface area (Å²) in [5.41, 5.74) is 2.76. The Labute approximate surface area is 183 Å². The van der Waals surface area contributed by atoms with Crippen molar-refractivity contribution in [3.63, 3.8) is 0 Å². The Morgan fingerprint density at radius 3 is 2.61 bits per heavy atom. The second kappa shape index (κ2) is 9.32. The fourth-order valence-electron chi connectivity index (χ4n) is 4.11. The second-order valence-corrected chi connectivity index (χ2v) is 7.91. The minimum Gasteiger partial charge on any atom is -0.354 e. The number of urea groups is 1. The van der Waals surface area contributed by atoms with Crippen LogP contribution in [0, 0.1) is 6.92 Å². The van der Waals surface area contributed by atoms with Crippen LogP contribution in [0.25, 0.3) is 16.7 Å². The van der Waals surface area contributed by atoms with Crippen LogP contribution in [0.15, 0.2) is 30.3 Å². The molecule has 1 N–H and O–H groups in total. The molecule has 2 amide bonds. The Kier molecular flexibility index (Phi) is 6.34. The predicted molar refractivity (Wildman–Crippen MR) is 123 cm³/mol. The third-order valence-electron chi connectivity index (χ3n) is 5.61. The fraction of sp³-hybridized carbons (Fsp3) is 0.478. The van der Waals surface area contributed by atoms with E-state index >= 15 is 0 Å². The first kappa shape index (κ1) is 21.1. The monoisotopic (exact) mass is 421 g/mol. The van der Waals surface area contributed by atoms with E-state index in [0.717, 1.165) is 73.0 Å². The van der Waals surface area contributed by atoms with E-state index in [-0.39, 0.29) is 6.03 Å². The molecule has 0 saturated carbocycles. The van der Waals surface area contributed by atoms with Gasteiger partial charge in [-0.05, 0) is 38.8 Å². The van der Waals surface area contributed by atoms with E-state index in [4.69, 9.17) is 15.1 Å². The van der Waals surface area contributed by atoms with Gasteiger partial charge in [-0.15, -0.1) is 0 Å². The molecule has 3 heterocycles. The number of aryl methyl sites for hydroxylation is 2. The molecule has 164 valence electrons. The highest BCUT2D eigenvalue weighted by Crippen LogP contribution is 2.30. The van der Waals surface area contributed by atoms with Crippen molar-refractivity contribution < 1.29 is 4.79 Å². The Hall–Kier alpha value is -3.16. The molecular weight excluding hydrogens is 390 g/mol. The van der Waals surface area contributed by atoms with Crippen LogP contribution in [0.5, 0.6) is 0 Å². The van der Waals surface area contributed by atoms with Gasteiger partial charge in [0.1, 0.15) is 11.6 Å². The number of rotatable bonds is 5. The highest BCUT2D eigenvalue weighted by molar-refractivity contribution is 5.91. The number of aromatic nitrogens is 4. The van der Waals surface area contributed by atoms with Crippen LogP contribution in [-0.2, 0) is 6.42 Å². The number of amides is 2. The lowest BCUT2D eigenvalue weighted by Crippen LogP contribution is -2.42. The van der Waals surface area contributed by atoms with Gasteiger partial charge in [-0.1, -0.05) is 25.1 Å². The normalized spacial score (nSPS) is 14.7. The molecule has 1 aliphatic rings. The van der Waals surface area contributed by atoms with Crippen molar-refractivity contribution in [2.24, 2.45) is 0 Å². The Bertz CT molecular complexity index is 1050. The number of nitrogens with one attached hydrogen (secondary N) is 1. The van der Waals surface area contributed by atoms with Crippen LogP contribution >= 0.6 is 0 Å². The first-order valence-electron chi connectivity index (χ1n) is 11.2. The molecule has 2 aromatic heterocycles. The van der Waals surface area contributed by atoms with Crippen molar-refractivity contribution >= 4 is 22.9 Å². The topological polar surface area (TPSA) is 79.2 Å². The van der Waals surface area contributed by atoms with Gasteiger partial charge in [-0.3, -0.25) is 0 Å². The van der Waals surface area contributed by atoms with Crippen molar-refractivity contribution in [2.75, 3.05) is 37.6 Å². The molecule has 0 radical (unpaired) electrons. The zero-order chi connectivity index (χ0) is 21.8. The Balaban J connectivity index is 1.75. The minimum atomic E-state index is 0.0111. The van der Waals surface area contributed by atoms with Gasteiger partial charge < -0.3 is 15.1 Å². The zero-order valence-electron chi connectivity index (χ0n) is 18.6. The molecule has 8 heteroatoms. The van der Waals surface area contributed by atoms with Crippen molar-refractivity contribution in [3.8, 4) is 5.69 Å². The third kappa shape index (κ3) is 4.33. The molecule has 0 aliphatic carbocycles. The summed E-state index contributed by atoms with van der Waals surface area (Å²) in [5, 5.41) is 8.73. The average molecular weight is 422 g/mol. The summed E-state index contributed by atoms with van der Waals surface area (Å²) in [4.78, 5) is 26.4. The van der Waals surface area contributed by atoms with Crippen LogP contribution in [-0.4, -0.2) is 63.4 Å². The zero-order valence-corrected chi connectivity index (χ0v) is 18.6. The highest BCUT2D eigenvalue weighted by Gasteiger charge is 2.24. The largest absolute Gasteiger partial charge is 0.354 e. The maximum absolute atomic E-state index is 12.3. The maximum Gasteiger partial charge on any atom is 0.317 e. The number of carbonyl (C=O) groups excluding carboxylic acids is 1. The summed E-state index contributed by atoms with van der Waals surface area (Å²) in [6, 6.07) is 10.1. The maximum atomic E-state index is 12.3. The van der Waals surface area contributed by atoms with Crippen LogP contribution in [0.3, 0.4) is 0 Å². The van der Waals surface area contributed by atoms with Gasteiger partial charge in [0, 0.05) is 39.1 Å². The number of para-hydroxylation sites is 1. The van der Waals surface area contributed by atoms with E-state index in [9.17, 15) is 4.79 Å². The van der Waals surface area contributed by atoms with Gasteiger partial charge in [0.15, 0.2) is 5.65 Å². The van der Waals surface area contributed by atoms with Crippen LogP contribution < -0.4 is 10.2 Å². The third-order valence-corrected chi connectivity index (χ3v) is 5.61. The number of anilines is 1. The number of hydrogen-bond donors (Lipinski definition) is 1. The Morgan fingerprint density at radius 2 is 1.87 bits per heavy atom. The SMILES string of the molecule is CCCc1nc(N2CCCN(C(=O)NCC)CC2)c2c(C)nn(-c3ccccc3)c2n1. The van der Waals surface area contributed by atoms with E-state index in [1.807, 2.05) is 53.8 Å². The van der Waals surface area contributed by atoms with Gasteiger partial charge in [0.05, 0.1) is 16.8 Å². The fourth-order valence-corrected chi connectivity index (χ4v) is 4.11. The van der Waals surface area contributed by atoms with Gasteiger partial charge in [-0.2, -0.15) is 5.10 Å². The number of fused-ring (bicyclic) bond motifs is 1. The van der Waals surface area contributed by atoms with E-state index in [0.29, 0.717) is 13.1 Å². The molecule has 1 fully saturated rings. The van der Waals surface area contributed by atoms with Crippen molar-refractivity contribution in [3.05, 3.63) is 41.9 Å². The molecule has 1 saturated heterocycles. The number of nitrogens with zero attached hydrogens (tertiary/aromatic N) is 6. The molecule has 1 aromatic carbocycles. The van der Waals surface area contributed by atoms with Crippen LogP contribution in [0.2, 0.25) is 0 Å². The lowest BCUT2D eigenvalue weighted by molar-refractivity contribution is 0.202. The van der Waals surface area contributed by atoms with Gasteiger partial charge in [0.2, 0.25) is 0 Å². The lowest BCUT2D eigenvalue weighted by Gasteiger charge is -2.24. The summed E-state index contributed by atoms with van der Waals surface area (Å²) in [6.45, 7) is 9.77. The molecule has 0 bridgehead atoms. The van der Waals surface area contributed by atoms with E-state index in [1.54, 1.807) is 0 Å². The summed E-state index contributed by atoms with van der Waals surface area (Å²) >= 11 is 0. The number of hydrogen-bond acceptors (Lipinski definition) is 5. The van der Waals surface area contributed by atoms with Crippen LogP contribution in [0.4, 0.5) is 10.6 Å². The number of carbonyl (C=O) groups is 1. The molecular formula is C23H31N7O. The smallest absolute Gasteiger partial charge is 0.317 e. The molecule has 4 rings (SSSR count). The van der Waals surface area contributed by atoms with Crippen molar-refractivity contribution in [1.82, 2.24) is 30.0 Å². The van der Waals surface area contributed by atoms with Gasteiger partial charge >= 0.3 is 6.03 Å². The second-order valence-electron chi connectivity index (χ2n) is 7.91. The predicted octanol–water partition coefficient (Wildman–Crippen LogP) is 3.32. The molecule has 31 heavy (non-hydrogen) atoms. The van der Waals surface area contributed by atoms with Gasteiger partial charge in [0.25, 0.3) is 0 Å². The standard InChI is InChI=1S/C23H31N7O/c1-4-10-19-25-21(28-13-9-14-29(16-15-28)23(31)24-5-2)20-17(3)27-30(22(20)26-19)18-11-7-6-8-12-18/h6-8,11-12H,4-5,9-10,13-16H2,1-3H3,(H,24,31). The first-order valence-corrected chi connectivity index (χ1v) is 11.2. The quantitative estimate of drug-likeness (QED) is 0.684. The summed E-state index contributed by atoms with van der Waals surface area (Å²) < 4.78 is 1.92. The molecule has 3 aromatic rings. The van der Waals surface area contributed by atoms with E-state index in [2.05, 4.69) is 17.1 Å². The first-order chi connectivity index (χ1) is 15.1. The minimum absolute atomic E-state index is 0.0111. The Morgan fingerprint density at radius 1 is 1.06 bits per heavy atom. The van der Waals surface area contributed by atoms with E-state index in [1.165, 1.54) is 0 Å². The van der Waals surface area contributed by atoms with E-state index < -0.39 is 0 Å². The summed E-state index contributed by atoms with van der Waals surface area (Å²) in [7, 11) is 0. The van der Waals surface area contributed by atoms with Crippen molar-refractivity contribution in [1.29, 1.82) is 0 Å². The summed E-state index contributed by atoms with van der Waals surface area (Å²) in [6.07, 6.45) is 2.70. The van der Waals surface area contributed by atoms with Crippen LogP contribution in [0.1, 0.15) is 38.2 Å². The molecule has 0 spiro atoms. The van der Waals surface area contributed by atoms with Crippen molar-refractivity contribution in [2.45, 2.75) is 40.0 Å².